The van der Waals surface area contributed by atoms with Crippen LogP contribution in [0.5, 0.6) is 0 Å². The normalized spacial score (nSPS) is 13.1. The summed E-state index contributed by atoms with van der Waals surface area (Å²) in [4.78, 5) is 37.8. The van der Waals surface area contributed by atoms with Gasteiger partial charge in [0, 0.05) is 19.3 Å². The highest BCUT2D eigenvalue weighted by Gasteiger charge is 2.19. The molecule has 332 valence electrons. The van der Waals surface area contributed by atoms with E-state index in [2.05, 4.69) is 81.5 Å². The van der Waals surface area contributed by atoms with Gasteiger partial charge in [-0.25, -0.2) is 0 Å². The van der Waals surface area contributed by atoms with E-state index in [0.29, 0.717) is 19.3 Å². The van der Waals surface area contributed by atoms with Crippen LogP contribution in [0.4, 0.5) is 0 Å². The van der Waals surface area contributed by atoms with E-state index in [0.717, 1.165) is 103 Å². The van der Waals surface area contributed by atoms with E-state index in [9.17, 15) is 14.4 Å². The molecule has 1 unspecified atom stereocenters. The zero-order valence-corrected chi connectivity index (χ0v) is 37.7. The fourth-order valence-corrected chi connectivity index (χ4v) is 5.84. The Morgan fingerprint density at radius 3 is 1.12 bits per heavy atom. The van der Waals surface area contributed by atoms with E-state index in [-0.39, 0.29) is 31.1 Å². The molecule has 0 aromatic rings. The number of ether oxygens (including phenoxy) is 3. The second-order valence-electron chi connectivity index (χ2n) is 15.1. The molecular formula is C53H84O6. The van der Waals surface area contributed by atoms with Crippen LogP contribution in [-0.4, -0.2) is 37.2 Å². The monoisotopic (exact) mass is 817 g/mol. The molecule has 0 saturated carbocycles. The van der Waals surface area contributed by atoms with Crippen molar-refractivity contribution in [2.45, 2.75) is 194 Å². The summed E-state index contributed by atoms with van der Waals surface area (Å²) in [6, 6.07) is 0. The number of allylic oxidation sites excluding steroid dienone is 18. The van der Waals surface area contributed by atoms with Gasteiger partial charge >= 0.3 is 17.9 Å². The summed E-state index contributed by atoms with van der Waals surface area (Å²) in [5, 5.41) is 0. The van der Waals surface area contributed by atoms with Crippen molar-refractivity contribution < 1.29 is 28.6 Å². The quantitative estimate of drug-likeness (QED) is 0.0265. The van der Waals surface area contributed by atoms with Crippen molar-refractivity contribution in [3.63, 3.8) is 0 Å². The Balaban J connectivity index is 4.54. The van der Waals surface area contributed by atoms with Crippen LogP contribution in [0.2, 0.25) is 0 Å². The molecule has 0 radical (unpaired) electrons. The second kappa shape index (κ2) is 46.8. The van der Waals surface area contributed by atoms with Gasteiger partial charge in [0.1, 0.15) is 13.2 Å². The predicted octanol–water partition coefficient (Wildman–Crippen LogP) is 15.2. The highest BCUT2D eigenvalue weighted by molar-refractivity contribution is 5.71. The van der Waals surface area contributed by atoms with Crippen LogP contribution in [0.25, 0.3) is 0 Å². The molecule has 0 N–H and O–H groups in total. The number of rotatable bonds is 40. The number of carbonyl (C=O) groups is 3. The Labute approximate surface area is 361 Å². The molecule has 0 aromatic carbocycles. The third-order valence-corrected chi connectivity index (χ3v) is 9.41. The van der Waals surface area contributed by atoms with Crippen LogP contribution >= 0.6 is 0 Å². The Hall–Kier alpha value is -3.93. The zero-order valence-electron chi connectivity index (χ0n) is 37.7. The first-order valence-corrected chi connectivity index (χ1v) is 23.5. The van der Waals surface area contributed by atoms with Crippen LogP contribution in [0.3, 0.4) is 0 Å². The summed E-state index contributed by atoms with van der Waals surface area (Å²) in [7, 11) is 0. The lowest BCUT2D eigenvalue weighted by Crippen LogP contribution is -2.30. The van der Waals surface area contributed by atoms with Crippen molar-refractivity contribution in [1.82, 2.24) is 0 Å². The number of hydrogen-bond acceptors (Lipinski definition) is 6. The zero-order chi connectivity index (χ0) is 43.0. The number of carbonyl (C=O) groups excluding carboxylic acids is 3. The summed E-state index contributed by atoms with van der Waals surface area (Å²) in [5.41, 5.74) is 0. The summed E-state index contributed by atoms with van der Waals surface area (Å²) in [5.74, 6) is -1.00. The SMILES string of the molecule is CC\C=C/C=C\C=C/C=C\C=C/CCCCCC(=O)OCC(COC(=O)CCCCC/C=C\C=C/CCCC)OC(=O)CCCCCCCC/C=C\C=C/CCCCC. The molecule has 0 heterocycles. The molecule has 0 fully saturated rings. The minimum absolute atomic E-state index is 0.113. The van der Waals surface area contributed by atoms with E-state index in [1.807, 2.05) is 48.6 Å². The first kappa shape index (κ1) is 55.1. The Bertz CT molecular complexity index is 1260. The Morgan fingerprint density at radius 1 is 0.356 bits per heavy atom. The van der Waals surface area contributed by atoms with Crippen LogP contribution in [-0.2, 0) is 28.6 Å². The van der Waals surface area contributed by atoms with Gasteiger partial charge in [0.15, 0.2) is 6.10 Å². The largest absolute Gasteiger partial charge is 0.462 e. The lowest BCUT2D eigenvalue weighted by molar-refractivity contribution is -0.167. The van der Waals surface area contributed by atoms with Gasteiger partial charge in [0.2, 0.25) is 0 Å². The average Bonchev–Trinajstić information content (AvgIpc) is 3.23. The molecule has 0 bridgehead atoms. The molecule has 0 aliphatic carbocycles. The molecule has 59 heavy (non-hydrogen) atoms. The number of esters is 3. The maximum Gasteiger partial charge on any atom is 0.306 e. The van der Waals surface area contributed by atoms with E-state index in [1.54, 1.807) is 0 Å². The third kappa shape index (κ3) is 45.0. The van der Waals surface area contributed by atoms with Crippen LogP contribution in [0, 0.1) is 0 Å². The minimum Gasteiger partial charge on any atom is -0.462 e. The summed E-state index contributed by atoms with van der Waals surface area (Å²) >= 11 is 0. The van der Waals surface area contributed by atoms with Crippen LogP contribution in [0.15, 0.2) is 109 Å². The van der Waals surface area contributed by atoms with E-state index in [1.165, 1.54) is 44.9 Å². The molecule has 1 atom stereocenters. The van der Waals surface area contributed by atoms with Gasteiger partial charge in [-0.15, -0.1) is 0 Å². The van der Waals surface area contributed by atoms with E-state index < -0.39 is 6.10 Å². The standard InChI is InChI=1S/C53H84O6/c1-4-7-10-13-16-19-22-24-26-28-31-34-37-40-43-46-52(55)58-49-50(48-57-51(54)45-42-39-36-33-30-21-18-15-12-9-6-3)59-53(56)47-44-41-38-35-32-29-27-25-23-20-17-14-11-8-5-2/h7,10,13,15-26,28,30-31,50H,4-6,8-9,11-12,14,27,29,32-49H2,1-3H3/b10-7-,16-13-,18-15-,20-17-,22-19-,25-23-,26-24-,30-21-,31-28-. The topological polar surface area (TPSA) is 78.9 Å². The van der Waals surface area contributed by atoms with Gasteiger partial charge in [0.05, 0.1) is 0 Å². The second-order valence-corrected chi connectivity index (χ2v) is 15.1. The predicted molar refractivity (Wildman–Crippen MR) is 251 cm³/mol. The van der Waals surface area contributed by atoms with Gasteiger partial charge in [-0.1, -0.05) is 194 Å². The molecular weight excluding hydrogens is 733 g/mol. The average molecular weight is 817 g/mol. The third-order valence-electron chi connectivity index (χ3n) is 9.41. The molecule has 6 heteroatoms. The lowest BCUT2D eigenvalue weighted by atomic mass is 10.1. The van der Waals surface area contributed by atoms with Gasteiger partial charge in [-0.05, 0) is 83.5 Å². The van der Waals surface area contributed by atoms with Crippen molar-refractivity contribution >= 4 is 17.9 Å². The summed E-state index contributed by atoms with van der Waals surface area (Å²) in [6.45, 7) is 6.31. The van der Waals surface area contributed by atoms with Crippen LogP contribution < -0.4 is 0 Å². The molecule has 0 rings (SSSR count). The summed E-state index contributed by atoms with van der Waals surface area (Å²) < 4.78 is 16.7. The number of unbranched alkanes of at least 4 members (excludes halogenated alkanes) is 17. The molecule has 6 nitrogen and oxygen atoms in total. The first-order chi connectivity index (χ1) is 29.0. The fourth-order valence-electron chi connectivity index (χ4n) is 5.84. The van der Waals surface area contributed by atoms with Gasteiger partial charge in [-0.2, -0.15) is 0 Å². The smallest absolute Gasteiger partial charge is 0.306 e. The van der Waals surface area contributed by atoms with Crippen molar-refractivity contribution in [2.24, 2.45) is 0 Å². The Kier molecular flexibility index (Phi) is 43.6. The van der Waals surface area contributed by atoms with E-state index >= 15 is 0 Å². The Morgan fingerprint density at radius 2 is 0.678 bits per heavy atom. The van der Waals surface area contributed by atoms with Crippen molar-refractivity contribution in [1.29, 1.82) is 0 Å². The molecule has 0 aromatic heterocycles. The highest BCUT2D eigenvalue weighted by atomic mass is 16.6. The van der Waals surface area contributed by atoms with Gasteiger partial charge < -0.3 is 14.2 Å². The van der Waals surface area contributed by atoms with Crippen molar-refractivity contribution in [3.05, 3.63) is 109 Å². The maximum absolute atomic E-state index is 12.7. The molecule has 0 aliphatic heterocycles. The van der Waals surface area contributed by atoms with E-state index in [4.69, 9.17) is 14.2 Å². The van der Waals surface area contributed by atoms with Gasteiger partial charge in [-0.3, -0.25) is 14.4 Å². The molecule has 0 spiro atoms. The minimum atomic E-state index is -0.813. The molecule has 0 amide bonds. The van der Waals surface area contributed by atoms with Crippen molar-refractivity contribution in [3.8, 4) is 0 Å². The molecule has 0 saturated heterocycles. The van der Waals surface area contributed by atoms with Gasteiger partial charge in [0.25, 0.3) is 0 Å². The molecule has 0 aliphatic rings. The maximum atomic E-state index is 12.7. The highest BCUT2D eigenvalue weighted by Crippen LogP contribution is 2.12. The first-order valence-electron chi connectivity index (χ1n) is 23.5. The summed E-state index contributed by atoms with van der Waals surface area (Å²) in [6.07, 6.45) is 62.1. The van der Waals surface area contributed by atoms with Crippen molar-refractivity contribution in [2.75, 3.05) is 13.2 Å². The lowest BCUT2D eigenvalue weighted by Gasteiger charge is -2.18. The number of hydrogen-bond donors (Lipinski definition) is 0. The fraction of sp³-hybridized carbons (Fsp3) is 0.604. The van der Waals surface area contributed by atoms with Crippen LogP contribution in [0.1, 0.15) is 188 Å².